The summed E-state index contributed by atoms with van der Waals surface area (Å²) < 4.78 is 19.2. The average Bonchev–Trinajstić information content (AvgIpc) is 2.59. The fraction of sp³-hybridized carbons (Fsp3) is 0.538. The smallest absolute Gasteiger partial charge is 0.146 e. The fourth-order valence-corrected chi connectivity index (χ4v) is 3.07. The van der Waals surface area contributed by atoms with Gasteiger partial charge in [-0.25, -0.2) is 4.39 Å². The predicted octanol–water partition coefficient (Wildman–Crippen LogP) is 2.69. The van der Waals surface area contributed by atoms with E-state index in [0.717, 1.165) is 31.6 Å². The van der Waals surface area contributed by atoms with Crippen LogP contribution in [0.4, 0.5) is 10.1 Å². The molecule has 1 fully saturated rings. The van der Waals surface area contributed by atoms with Gasteiger partial charge in [-0.15, -0.1) is 0 Å². The Balaban J connectivity index is 2.04. The van der Waals surface area contributed by atoms with Gasteiger partial charge in [-0.2, -0.15) is 0 Å². The van der Waals surface area contributed by atoms with Gasteiger partial charge in [0.1, 0.15) is 5.82 Å². The van der Waals surface area contributed by atoms with Crippen molar-refractivity contribution in [2.45, 2.75) is 31.3 Å². The Hall–Kier alpha value is -1.09. The van der Waals surface area contributed by atoms with E-state index in [0.29, 0.717) is 5.69 Å². The molecule has 86 valence electrons. The Kier molecular flexibility index (Phi) is 2.18. The zero-order chi connectivity index (χ0) is 11.2. The van der Waals surface area contributed by atoms with E-state index in [-0.39, 0.29) is 17.3 Å². The lowest BCUT2D eigenvalue weighted by Crippen LogP contribution is -2.39. The standard InChI is InChI=1S/C13H16FNO/c1-9-7-13(5-6-16-9)8-15-12-10(13)3-2-4-11(12)14/h2-4,9,15H,5-8H2,1H3. The lowest BCUT2D eigenvalue weighted by Gasteiger charge is -2.36. The first-order valence-electron chi connectivity index (χ1n) is 5.86. The first-order chi connectivity index (χ1) is 7.71. The molecule has 0 amide bonds. The quantitative estimate of drug-likeness (QED) is 0.727. The van der Waals surface area contributed by atoms with Crippen molar-refractivity contribution in [3.8, 4) is 0 Å². The Morgan fingerprint density at radius 3 is 3.19 bits per heavy atom. The van der Waals surface area contributed by atoms with Crippen LogP contribution in [0, 0.1) is 5.82 Å². The van der Waals surface area contributed by atoms with Crippen molar-refractivity contribution < 1.29 is 9.13 Å². The summed E-state index contributed by atoms with van der Waals surface area (Å²) in [7, 11) is 0. The number of para-hydroxylation sites is 1. The van der Waals surface area contributed by atoms with Gasteiger partial charge in [0.15, 0.2) is 0 Å². The van der Waals surface area contributed by atoms with Gasteiger partial charge >= 0.3 is 0 Å². The number of fused-ring (bicyclic) bond motifs is 2. The van der Waals surface area contributed by atoms with Crippen LogP contribution < -0.4 is 5.32 Å². The molecule has 0 bridgehead atoms. The van der Waals surface area contributed by atoms with Crippen LogP contribution in [0.15, 0.2) is 18.2 Å². The Morgan fingerprint density at radius 2 is 2.38 bits per heavy atom. The normalized spacial score (nSPS) is 32.5. The molecule has 0 aliphatic carbocycles. The van der Waals surface area contributed by atoms with Crippen LogP contribution in [0.2, 0.25) is 0 Å². The molecule has 1 saturated heterocycles. The molecule has 2 heterocycles. The van der Waals surface area contributed by atoms with E-state index in [9.17, 15) is 4.39 Å². The van der Waals surface area contributed by atoms with Gasteiger partial charge in [0, 0.05) is 18.6 Å². The highest BCUT2D eigenvalue weighted by atomic mass is 19.1. The second-order valence-electron chi connectivity index (χ2n) is 4.93. The van der Waals surface area contributed by atoms with E-state index in [1.165, 1.54) is 6.07 Å². The van der Waals surface area contributed by atoms with Crippen molar-refractivity contribution in [3.05, 3.63) is 29.6 Å². The molecular weight excluding hydrogens is 205 g/mol. The average molecular weight is 221 g/mol. The maximum Gasteiger partial charge on any atom is 0.146 e. The van der Waals surface area contributed by atoms with E-state index in [2.05, 4.69) is 18.3 Å². The molecule has 1 N–H and O–H groups in total. The fourth-order valence-electron chi connectivity index (χ4n) is 3.07. The van der Waals surface area contributed by atoms with Crippen molar-refractivity contribution >= 4 is 5.69 Å². The van der Waals surface area contributed by atoms with Gasteiger partial charge in [-0.05, 0) is 31.4 Å². The van der Waals surface area contributed by atoms with E-state index < -0.39 is 0 Å². The van der Waals surface area contributed by atoms with Crippen LogP contribution in [0.3, 0.4) is 0 Å². The molecule has 2 unspecified atom stereocenters. The summed E-state index contributed by atoms with van der Waals surface area (Å²) in [5, 5.41) is 3.22. The zero-order valence-corrected chi connectivity index (χ0v) is 9.42. The molecule has 16 heavy (non-hydrogen) atoms. The zero-order valence-electron chi connectivity index (χ0n) is 9.42. The van der Waals surface area contributed by atoms with Gasteiger partial charge in [0.2, 0.25) is 0 Å². The predicted molar refractivity (Wildman–Crippen MR) is 61.2 cm³/mol. The van der Waals surface area contributed by atoms with Gasteiger partial charge < -0.3 is 10.1 Å². The summed E-state index contributed by atoms with van der Waals surface area (Å²) in [5.74, 6) is -0.131. The second-order valence-corrected chi connectivity index (χ2v) is 4.93. The number of nitrogens with one attached hydrogen (secondary N) is 1. The van der Waals surface area contributed by atoms with E-state index in [1.54, 1.807) is 0 Å². The van der Waals surface area contributed by atoms with Crippen molar-refractivity contribution in [3.63, 3.8) is 0 Å². The highest BCUT2D eigenvalue weighted by molar-refractivity contribution is 5.61. The molecule has 2 atom stereocenters. The maximum absolute atomic E-state index is 13.6. The third-order valence-corrected chi connectivity index (χ3v) is 3.85. The minimum Gasteiger partial charge on any atom is -0.382 e. The summed E-state index contributed by atoms with van der Waals surface area (Å²) in [4.78, 5) is 0. The van der Waals surface area contributed by atoms with E-state index in [1.807, 2.05) is 6.07 Å². The summed E-state index contributed by atoms with van der Waals surface area (Å²) in [6, 6.07) is 5.38. The van der Waals surface area contributed by atoms with Gasteiger partial charge in [-0.3, -0.25) is 0 Å². The molecule has 0 saturated carbocycles. The van der Waals surface area contributed by atoms with Crippen LogP contribution in [-0.4, -0.2) is 19.3 Å². The number of rotatable bonds is 0. The van der Waals surface area contributed by atoms with Gasteiger partial charge in [-0.1, -0.05) is 12.1 Å². The SMILES string of the molecule is CC1CC2(CCO1)CNc1c(F)cccc12. The molecule has 2 nitrogen and oxygen atoms in total. The van der Waals surface area contributed by atoms with Gasteiger partial charge in [0.25, 0.3) is 0 Å². The Bertz CT molecular complexity index is 420. The molecular formula is C13H16FNO. The second kappa shape index (κ2) is 3.45. The first-order valence-corrected chi connectivity index (χ1v) is 5.86. The lowest BCUT2D eigenvalue weighted by atomic mass is 9.74. The number of anilines is 1. The molecule has 3 rings (SSSR count). The molecule has 2 aliphatic heterocycles. The Morgan fingerprint density at radius 1 is 1.50 bits per heavy atom. The third-order valence-electron chi connectivity index (χ3n) is 3.85. The largest absolute Gasteiger partial charge is 0.382 e. The van der Waals surface area contributed by atoms with Crippen molar-refractivity contribution in [1.82, 2.24) is 0 Å². The minimum atomic E-state index is -0.131. The number of hydrogen-bond acceptors (Lipinski definition) is 2. The van der Waals surface area contributed by atoms with Crippen LogP contribution in [0.1, 0.15) is 25.3 Å². The van der Waals surface area contributed by atoms with Crippen LogP contribution >= 0.6 is 0 Å². The number of ether oxygens (including phenoxy) is 1. The summed E-state index contributed by atoms with van der Waals surface area (Å²) >= 11 is 0. The van der Waals surface area contributed by atoms with Crippen LogP contribution in [0.25, 0.3) is 0 Å². The van der Waals surface area contributed by atoms with E-state index in [4.69, 9.17) is 4.74 Å². The molecule has 0 radical (unpaired) electrons. The van der Waals surface area contributed by atoms with E-state index >= 15 is 0 Å². The molecule has 1 aromatic rings. The summed E-state index contributed by atoms with van der Waals surface area (Å²) in [6.07, 6.45) is 2.24. The highest BCUT2D eigenvalue weighted by Gasteiger charge is 2.42. The minimum absolute atomic E-state index is 0.0924. The van der Waals surface area contributed by atoms with Crippen LogP contribution in [-0.2, 0) is 10.2 Å². The monoisotopic (exact) mass is 221 g/mol. The van der Waals surface area contributed by atoms with Gasteiger partial charge in [0.05, 0.1) is 11.8 Å². The summed E-state index contributed by atoms with van der Waals surface area (Å²) in [6.45, 7) is 3.72. The maximum atomic E-state index is 13.6. The molecule has 2 aliphatic rings. The Labute approximate surface area is 94.8 Å². The molecule has 3 heteroatoms. The summed E-state index contributed by atoms with van der Waals surface area (Å²) in [5.41, 5.74) is 1.94. The number of benzene rings is 1. The van der Waals surface area contributed by atoms with Crippen molar-refractivity contribution in [2.24, 2.45) is 0 Å². The topological polar surface area (TPSA) is 21.3 Å². The van der Waals surface area contributed by atoms with Crippen molar-refractivity contribution in [2.75, 3.05) is 18.5 Å². The number of hydrogen-bond donors (Lipinski definition) is 1. The van der Waals surface area contributed by atoms with Crippen LogP contribution in [0.5, 0.6) is 0 Å². The molecule has 1 spiro atoms. The first kappa shape index (κ1) is 10.1. The molecule has 1 aromatic carbocycles. The van der Waals surface area contributed by atoms with Crippen molar-refractivity contribution in [1.29, 1.82) is 0 Å². The molecule has 0 aromatic heterocycles. The number of halogens is 1. The third kappa shape index (κ3) is 1.34. The highest BCUT2D eigenvalue weighted by Crippen LogP contribution is 2.45. The lowest BCUT2D eigenvalue weighted by molar-refractivity contribution is -0.00528.